The Labute approximate surface area is 557 Å². The zero-order valence-corrected chi connectivity index (χ0v) is 54.5. The molecule has 0 aliphatic carbocycles. The zero-order valence-electron chi connectivity index (χ0n) is 48.6. The fourth-order valence-corrected chi connectivity index (χ4v) is 5.54. The van der Waals surface area contributed by atoms with Crippen LogP contribution in [0.5, 0.6) is 0 Å². The Hall–Kier alpha value is -5.77. The maximum atomic E-state index is 13.0. The summed E-state index contributed by atoms with van der Waals surface area (Å²) in [5, 5.41) is 39.4. The van der Waals surface area contributed by atoms with E-state index in [0.717, 1.165) is 12.1 Å². The predicted octanol–water partition coefficient (Wildman–Crippen LogP) is 4.85. The molecular weight excluding hydrogens is 1280 g/mol. The molecular formula is C54H60Cl5F4LiN3NaO19. The fourth-order valence-electron chi connectivity index (χ4n) is 4.82. The Morgan fingerprint density at radius 2 is 0.885 bits per heavy atom. The van der Waals surface area contributed by atoms with Crippen molar-refractivity contribution >= 4 is 106 Å². The second kappa shape index (κ2) is 50.1. The van der Waals surface area contributed by atoms with Crippen LogP contribution in [0, 0.1) is 23.3 Å². The van der Waals surface area contributed by atoms with E-state index < -0.39 is 76.7 Å². The smallest absolute Gasteiger partial charge is 0.870 e. The van der Waals surface area contributed by atoms with Crippen molar-refractivity contribution in [1.82, 2.24) is 10.3 Å². The van der Waals surface area contributed by atoms with Crippen LogP contribution in [0.3, 0.4) is 0 Å². The number of esters is 4. The molecule has 0 spiro atoms. The SMILES string of the molecule is CC(=O)c1ccc(F)c(Cl)c1.CC(C)(C)[O-].CCO.CCOC(=O)C(=O)CC(=O)c1ccc(F)c(Cl)c1.CCOC(=O)C(=O)OCC.CCOC(=O)c1cc(-c2ccc(F)c(Cl)c2)on1.Cl.NO.O=C(O)c1cc(-c2ccc(F)c(Cl)c2)on1.[Li+].[Na+].[OH-]. The molecule has 6 N–H and O–H groups in total. The number of nitrogens with two attached hydrogens (primary N) is 1. The second-order valence-corrected chi connectivity index (χ2v) is 17.5. The molecule has 2 heterocycles. The summed E-state index contributed by atoms with van der Waals surface area (Å²) in [4.78, 5) is 87.4. The first-order chi connectivity index (χ1) is 38.9. The first-order valence-electron chi connectivity index (χ1n) is 23.7. The van der Waals surface area contributed by atoms with E-state index in [1.807, 2.05) is 0 Å². The van der Waals surface area contributed by atoms with Gasteiger partial charge in [0.2, 0.25) is 5.78 Å². The summed E-state index contributed by atoms with van der Waals surface area (Å²) in [6, 6.07) is 17.9. The molecule has 0 saturated carbocycles. The molecule has 0 fully saturated rings. The zero-order chi connectivity index (χ0) is 64.2. The van der Waals surface area contributed by atoms with Crippen molar-refractivity contribution in [3.63, 3.8) is 0 Å². The molecule has 22 nitrogen and oxygen atoms in total. The number of nitrogens with zero attached hydrogens (tertiary/aromatic N) is 2. The van der Waals surface area contributed by atoms with Gasteiger partial charge in [-0.1, -0.05) is 77.5 Å². The normalized spacial score (nSPS) is 9.30. The Morgan fingerprint density at radius 3 is 1.21 bits per heavy atom. The Balaban J connectivity index is -0.000000227. The number of aromatic carboxylic acids is 1. The number of benzene rings is 4. The molecule has 0 aliphatic heterocycles. The number of rotatable bonds is 13. The van der Waals surface area contributed by atoms with Crippen LogP contribution in [-0.4, -0.2) is 117 Å². The van der Waals surface area contributed by atoms with Crippen LogP contribution < -0.4 is 59.4 Å². The molecule has 2 aromatic heterocycles. The van der Waals surface area contributed by atoms with Crippen LogP contribution >= 0.6 is 58.8 Å². The predicted molar refractivity (Wildman–Crippen MR) is 301 cm³/mol. The van der Waals surface area contributed by atoms with Crippen LogP contribution in [0.15, 0.2) is 94.0 Å². The molecule has 0 amide bonds. The Morgan fingerprint density at radius 1 is 0.575 bits per heavy atom. The minimum atomic E-state index is -1.19. The quantitative estimate of drug-likeness (QED) is 0.0175. The van der Waals surface area contributed by atoms with E-state index in [4.69, 9.17) is 75.6 Å². The van der Waals surface area contributed by atoms with Crippen molar-refractivity contribution < 1.29 is 158 Å². The molecule has 0 saturated heterocycles. The van der Waals surface area contributed by atoms with Gasteiger partial charge in [-0.15, -0.1) is 18.0 Å². The van der Waals surface area contributed by atoms with Gasteiger partial charge in [0.15, 0.2) is 34.5 Å². The minimum absolute atomic E-state index is 0. The van der Waals surface area contributed by atoms with Crippen molar-refractivity contribution in [2.75, 3.05) is 33.0 Å². The summed E-state index contributed by atoms with van der Waals surface area (Å²) in [5.41, 5.74) is 0.592. The number of hydrogen-bond acceptors (Lipinski definition) is 21. The topological polar surface area (TPSA) is 365 Å². The van der Waals surface area contributed by atoms with Gasteiger partial charge in [-0.2, -0.15) is 0 Å². The standard InChI is InChI=1S/C12H9ClFNO3.C12H10ClFO4.C10H5ClFNO3.C8H6ClFO.C6H10O4.C4H9O.C2H6O.ClH.Li.H3NO.Na.H2O/c1-2-17-12(16)10-6-11(18-15-10)7-3-4-9(14)8(13)5-7;1-2-18-12(17)11(16)6-10(15)7-3-4-9(14)8(13)5-7;11-6-3-5(1-2-7(6)12)9-4-8(10(14)15)13-16-9;1-5(11)6-2-3-8(10)7(9)4-6;1-3-9-5(7)6(8)10-4-2;1-4(2,3)5;1-2-3;;;1-2;;/h3-6H,2H2,1H3;3-5H,2,6H2,1H3;1-4H,(H,14,15);2-4H,1H3;3-4H2,1-2H3;1-3H3;3H,2H2,1H3;1H;;2H,1H2;;1H2/q;;;;;-1;;;+1;;+1;/p-1. The first kappa shape index (κ1) is 92.4. The van der Waals surface area contributed by atoms with Gasteiger partial charge in [-0.25, -0.2) is 47.4 Å². The average molecular weight is 1340 g/mol. The number of aromatic nitrogens is 2. The molecule has 6 aromatic rings. The molecule has 0 atom stereocenters. The number of carbonyl (C=O) groups is 8. The van der Waals surface area contributed by atoms with Gasteiger partial charge >= 0.3 is 78.3 Å². The summed E-state index contributed by atoms with van der Waals surface area (Å²) in [6.45, 7) is 15.4. The number of aliphatic hydroxyl groups is 1. The van der Waals surface area contributed by atoms with Crippen LogP contribution in [-0.2, 0) is 38.1 Å². The first-order valence-corrected chi connectivity index (χ1v) is 25.2. The Kier molecular flexibility index (Phi) is 53.2. The Bertz CT molecular complexity index is 3060. The molecule has 0 radical (unpaired) electrons. The van der Waals surface area contributed by atoms with E-state index in [9.17, 15) is 61.0 Å². The van der Waals surface area contributed by atoms with Gasteiger partial charge in [0, 0.05) is 41.0 Å². The van der Waals surface area contributed by atoms with Crippen LogP contribution in [0.2, 0.25) is 20.1 Å². The molecule has 33 heteroatoms. The van der Waals surface area contributed by atoms with E-state index >= 15 is 0 Å². The third-order valence-corrected chi connectivity index (χ3v) is 9.40. The monoisotopic (exact) mass is 1340 g/mol. The van der Waals surface area contributed by atoms with Crippen molar-refractivity contribution in [2.45, 2.75) is 74.3 Å². The number of ketones is 3. The average Bonchev–Trinajstić information content (AvgIpc) is 4.28. The molecule has 0 aliphatic rings. The molecule has 470 valence electrons. The van der Waals surface area contributed by atoms with Gasteiger partial charge in [0.05, 0.1) is 52.9 Å². The molecule has 4 aromatic carbocycles. The van der Waals surface area contributed by atoms with Gasteiger partial charge < -0.3 is 54.0 Å². The maximum absolute atomic E-state index is 13.0. The van der Waals surface area contributed by atoms with Gasteiger partial charge in [-0.05, 0) is 114 Å². The van der Waals surface area contributed by atoms with Crippen LogP contribution in [0.4, 0.5) is 17.6 Å². The number of carbonyl (C=O) groups excluding carboxylic acids is 7. The van der Waals surface area contributed by atoms with Crippen molar-refractivity contribution in [3.05, 3.63) is 151 Å². The van der Waals surface area contributed by atoms with Crippen molar-refractivity contribution in [3.8, 4) is 22.6 Å². The summed E-state index contributed by atoms with van der Waals surface area (Å²) >= 11 is 22.2. The molecule has 0 unspecified atom stereocenters. The number of carboxylic acids is 1. The number of halogens is 9. The summed E-state index contributed by atoms with van der Waals surface area (Å²) in [5.74, 6) is -4.55. The van der Waals surface area contributed by atoms with E-state index in [1.165, 1.54) is 79.7 Å². The van der Waals surface area contributed by atoms with Crippen molar-refractivity contribution in [1.29, 1.82) is 0 Å². The van der Waals surface area contributed by atoms with Crippen LogP contribution in [0.25, 0.3) is 22.6 Å². The summed E-state index contributed by atoms with van der Waals surface area (Å²) < 4.78 is 78.9. The third-order valence-electron chi connectivity index (χ3n) is 8.24. The van der Waals surface area contributed by atoms with Gasteiger partial charge in [-0.3, -0.25) is 14.4 Å². The number of carboxylic acid groups (broad SMARTS) is 1. The maximum Gasteiger partial charge on any atom is 1.00 e. The molecule has 6 rings (SSSR count). The second-order valence-electron chi connectivity index (χ2n) is 15.9. The van der Waals surface area contributed by atoms with E-state index in [2.05, 4.69) is 30.4 Å². The van der Waals surface area contributed by atoms with E-state index in [1.54, 1.807) is 55.4 Å². The number of Topliss-reactive ketones (excluding diaryl/α,β-unsaturated/α-hetero) is 3. The van der Waals surface area contributed by atoms with Gasteiger partial charge in [0.25, 0.3) is 0 Å². The molecule has 87 heavy (non-hydrogen) atoms. The molecule has 0 bridgehead atoms. The van der Waals surface area contributed by atoms with Crippen molar-refractivity contribution in [2.24, 2.45) is 5.90 Å². The minimum Gasteiger partial charge on any atom is -0.870 e. The van der Waals surface area contributed by atoms with E-state index in [0.29, 0.717) is 22.5 Å². The summed E-state index contributed by atoms with van der Waals surface area (Å²) in [6.07, 6.45) is -0.624. The van der Waals surface area contributed by atoms with Crippen LogP contribution in [0.1, 0.15) is 110 Å². The number of hydrogen-bond donors (Lipinski definition) is 4. The number of aliphatic hydroxyl groups excluding tert-OH is 1. The largest absolute Gasteiger partial charge is 1.00 e. The number of ether oxygens (including phenoxy) is 4. The third kappa shape index (κ3) is 39.0. The fraction of sp³-hybridized carbons (Fsp3) is 0.296. The van der Waals surface area contributed by atoms with Gasteiger partial charge in [0.1, 0.15) is 23.3 Å². The summed E-state index contributed by atoms with van der Waals surface area (Å²) in [7, 11) is 0. The van der Waals surface area contributed by atoms with E-state index in [-0.39, 0.29) is 148 Å².